The summed E-state index contributed by atoms with van der Waals surface area (Å²) in [6, 6.07) is -1.05. The molecule has 1 aliphatic rings. The highest BCUT2D eigenvalue weighted by molar-refractivity contribution is 7.88. The van der Waals surface area contributed by atoms with Crippen molar-refractivity contribution in [2.45, 2.75) is 38.8 Å². The number of carboxylic acid groups (broad SMARTS) is 1. The van der Waals surface area contributed by atoms with E-state index in [2.05, 4.69) is 0 Å². The second-order valence-electron chi connectivity index (χ2n) is 4.99. The molecule has 1 amide bonds. The normalized spacial score (nSPS) is 20.7. The van der Waals surface area contributed by atoms with Crippen LogP contribution >= 0.6 is 0 Å². The molecule has 0 aromatic rings. The van der Waals surface area contributed by atoms with Crippen molar-refractivity contribution in [3.05, 3.63) is 0 Å². The van der Waals surface area contributed by atoms with Gasteiger partial charge in [-0.1, -0.05) is 0 Å². The zero-order valence-electron chi connectivity index (χ0n) is 11.4. The molecular formula is C11H20N2O5S. The number of amides is 1. The third-order valence-electron chi connectivity index (χ3n) is 3.13. The third kappa shape index (κ3) is 3.90. The molecular weight excluding hydrogens is 272 g/mol. The van der Waals surface area contributed by atoms with Crippen LogP contribution in [-0.4, -0.2) is 66.0 Å². The molecule has 1 fully saturated rings. The fraction of sp³-hybridized carbons (Fsp3) is 0.818. The Kier molecular flexibility index (Phi) is 4.92. The smallest absolute Gasteiger partial charge is 0.323 e. The zero-order valence-corrected chi connectivity index (χ0v) is 12.2. The van der Waals surface area contributed by atoms with E-state index in [9.17, 15) is 18.0 Å². The first kappa shape index (κ1) is 15.9. The van der Waals surface area contributed by atoms with Crippen molar-refractivity contribution in [3.8, 4) is 0 Å². The van der Waals surface area contributed by atoms with E-state index in [4.69, 9.17) is 5.11 Å². The van der Waals surface area contributed by atoms with Crippen LogP contribution in [-0.2, 0) is 19.6 Å². The molecule has 1 N–H and O–H groups in total. The summed E-state index contributed by atoms with van der Waals surface area (Å²) < 4.78 is 24.4. The monoisotopic (exact) mass is 292 g/mol. The molecule has 0 aromatic carbocycles. The van der Waals surface area contributed by atoms with Gasteiger partial charge in [0, 0.05) is 12.6 Å². The lowest BCUT2D eigenvalue weighted by atomic mass is 10.1. The number of carboxylic acids is 1. The first-order valence-electron chi connectivity index (χ1n) is 6.13. The maximum atomic E-state index is 12.3. The van der Waals surface area contributed by atoms with Gasteiger partial charge in [0.1, 0.15) is 12.6 Å². The quantitative estimate of drug-likeness (QED) is 0.753. The Bertz CT molecular complexity index is 460. The maximum absolute atomic E-state index is 12.3. The molecule has 19 heavy (non-hydrogen) atoms. The van der Waals surface area contributed by atoms with E-state index in [0.29, 0.717) is 19.4 Å². The van der Waals surface area contributed by atoms with Crippen molar-refractivity contribution in [2.24, 2.45) is 0 Å². The highest BCUT2D eigenvalue weighted by Crippen LogP contribution is 2.22. The van der Waals surface area contributed by atoms with Gasteiger partial charge in [-0.25, -0.2) is 8.42 Å². The van der Waals surface area contributed by atoms with Gasteiger partial charge >= 0.3 is 5.97 Å². The number of sulfonamides is 1. The lowest BCUT2D eigenvalue weighted by Crippen LogP contribution is -2.51. The number of carbonyl (C=O) groups is 2. The molecule has 7 nitrogen and oxygen atoms in total. The van der Waals surface area contributed by atoms with Gasteiger partial charge in [-0.3, -0.25) is 9.59 Å². The van der Waals surface area contributed by atoms with E-state index < -0.39 is 34.5 Å². The fourth-order valence-electron chi connectivity index (χ4n) is 2.24. The molecule has 0 radical (unpaired) electrons. The highest BCUT2D eigenvalue weighted by atomic mass is 32.2. The van der Waals surface area contributed by atoms with Crippen LogP contribution in [0, 0.1) is 0 Å². The predicted octanol–water partition coefficient (Wildman–Crippen LogP) is -0.268. The van der Waals surface area contributed by atoms with Crippen molar-refractivity contribution in [3.63, 3.8) is 0 Å². The van der Waals surface area contributed by atoms with Crippen LogP contribution in [0.4, 0.5) is 0 Å². The number of hydrogen-bond donors (Lipinski definition) is 1. The molecule has 0 saturated carbocycles. The summed E-state index contributed by atoms with van der Waals surface area (Å²) in [6.07, 6.45) is 2.12. The van der Waals surface area contributed by atoms with Crippen molar-refractivity contribution in [1.82, 2.24) is 9.21 Å². The van der Waals surface area contributed by atoms with E-state index in [0.717, 1.165) is 10.6 Å². The van der Waals surface area contributed by atoms with Gasteiger partial charge in [-0.15, -0.1) is 0 Å². The first-order valence-corrected chi connectivity index (χ1v) is 7.98. The minimum Gasteiger partial charge on any atom is -0.480 e. The molecule has 0 aromatic heterocycles. The van der Waals surface area contributed by atoms with Crippen molar-refractivity contribution in [2.75, 3.05) is 19.3 Å². The molecule has 1 atom stereocenters. The van der Waals surface area contributed by atoms with Gasteiger partial charge in [0.2, 0.25) is 15.9 Å². The van der Waals surface area contributed by atoms with Gasteiger partial charge in [-0.2, -0.15) is 4.31 Å². The second-order valence-corrected chi connectivity index (χ2v) is 6.92. The second kappa shape index (κ2) is 5.87. The van der Waals surface area contributed by atoms with Gasteiger partial charge in [-0.05, 0) is 26.7 Å². The minimum absolute atomic E-state index is 0.286. The van der Waals surface area contributed by atoms with Crippen LogP contribution < -0.4 is 0 Å². The van der Waals surface area contributed by atoms with Gasteiger partial charge < -0.3 is 10.0 Å². The van der Waals surface area contributed by atoms with E-state index in [1.54, 1.807) is 13.8 Å². The summed E-state index contributed by atoms with van der Waals surface area (Å²) in [7, 11) is -3.45. The van der Waals surface area contributed by atoms with Crippen LogP contribution in [0.5, 0.6) is 0 Å². The molecule has 0 bridgehead atoms. The molecule has 1 rings (SSSR count). The third-order valence-corrected chi connectivity index (χ3v) is 4.42. The summed E-state index contributed by atoms with van der Waals surface area (Å²) in [5.41, 5.74) is 0. The average molecular weight is 292 g/mol. The van der Waals surface area contributed by atoms with Gasteiger partial charge in [0.05, 0.1) is 6.26 Å². The fourth-order valence-corrected chi connectivity index (χ4v) is 3.35. The molecule has 0 spiro atoms. The molecule has 1 unspecified atom stereocenters. The summed E-state index contributed by atoms with van der Waals surface area (Å²) in [5.74, 6) is -1.54. The lowest BCUT2D eigenvalue weighted by molar-refractivity contribution is -0.147. The molecule has 110 valence electrons. The van der Waals surface area contributed by atoms with E-state index in [1.807, 2.05) is 0 Å². The largest absolute Gasteiger partial charge is 0.480 e. The predicted molar refractivity (Wildman–Crippen MR) is 69.1 cm³/mol. The topological polar surface area (TPSA) is 95.0 Å². The van der Waals surface area contributed by atoms with Crippen LogP contribution in [0.1, 0.15) is 26.7 Å². The van der Waals surface area contributed by atoms with Gasteiger partial charge in [0.15, 0.2) is 0 Å². The average Bonchev–Trinajstić information content (AvgIpc) is 2.72. The van der Waals surface area contributed by atoms with Crippen LogP contribution in [0.2, 0.25) is 0 Å². The van der Waals surface area contributed by atoms with Crippen molar-refractivity contribution < 1.29 is 23.1 Å². The van der Waals surface area contributed by atoms with Crippen LogP contribution in [0.3, 0.4) is 0 Å². The Morgan fingerprint density at radius 3 is 2.42 bits per heavy atom. The molecule has 1 aliphatic heterocycles. The first-order chi connectivity index (χ1) is 8.64. The zero-order chi connectivity index (χ0) is 14.8. The molecule has 8 heteroatoms. The number of rotatable bonds is 5. The minimum atomic E-state index is -3.45. The standard InChI is InChI=1S/C11H20N2O5S/c1-8(2)12(7-10(14)15)11(16)9-5-4-6-13(9)19(3,17)18/h8-9H,4-7H2,1-3H3,(H,14,15). The Balaban J connectivity index is 2.93. The Labute approximate surface area is 113 Å². The van der Waals surface area contributed by atoms with Gasteiger partial charge in [0.25, 0.3) is 0 Å². The molecule has 0 aliphatic carbocycles. The van der Waals surface area contributed by atoms with E-state index >= 15 is 0 Å². The Morgan fingerprint density at radius 1 is 1.42 bits per heavy atom. The maximum Gasteiger partial charge on any atom is 0.323 e. The Hall–Kier alpha value is -1.15. The highest BCUT2D eigenvalue weighted by Gasteiger charge is 2.39. The number of hydrogen-bond acceptors (Lipinski definition) is 4. The van der Waals surface area contributed by atoms with E-state index in [-0.39, 0.29) is 6.04 Å². The van der Waals surface area contributed by atoms with Crippen LogP contribution in [0.25, 0.3) is 0 Å². The SMILES string of the molecule is CC(C)N(CC(=O)O)C(=O)C1CCCN1S(C)(=O)=O. The molecule has 1 heterocycles. The number of nitrogens with zero attached hydrogens (tertiary/aromatic N) is 2. The lowest BCUT2D eigenvalue weighted by Gasteiger charge is -2.30. The van der Waals surface area contributed by atoms with E-state index in [1.165, 1.54) is 4.90 Å². The Morgan fingerprint density at radius 2 is 2.00 bits per heavy atom. The summed E-state index contributed by atoms with van der Waals surface area (Å²) in [5, 5.41) is 8.82. The summed E-state index contributed by atoms with van der Waals surface area (Å²) in [4.78, 5) is 24.3. The summed E-state index contributed by atoms with van der Waals surface area (Å²) >= 11 is 0. The van der Waals surface area contributed by atoms with Crippen molar-refractivity contribution >= 4 is 21.9 Å². The van der Waals surface area contributed by atoms with Crippen LogP contribution in [0.15, 0.2) is 0 Å². The van der Waals surface area contributed by atoms with Crippen molar-refractivity contribution in [1.29, 1.82) is 0 Å². The summed E-state index contributed by atoms with van der Waals surface area (Å²) in [6.45, 7) is 3.32. The number of carbonyl (C=O) groups excluding carboxylic acids is 1. The number of aliphatic carboxylic acids is 1. The molecule has 1 saturated heterocycles.